The van der Waals surface area contributed by atoms with Crippen molar-refractivity contribution in [3.05, 3.63) is 28.2 Å². The highest BCUT2D eigenvalue weighted by Crippen LogP contribution is 2.30. The van der Waals surface area contributed by atoms with Gasteiger partial charge in [0.05, 0.1) is 32.0 Å². The van der Waals surface area contributed by atoms with Crippen molar-refractivity contribution < 1.29 is 28.1 Å². The average Bonchev–Trinajstić information content (AvgIpc) is 3.39. The average molecular weight is 491 g/mol. The zero-order valence-corrected chi connectivity index (χ0v) is 20.3. The number of morpholine rings is 1. The first-order valence-corrected chi connectivity index (χ1v) is 12.6. The number of rotatable bonds is 7. The molecule has 3 amide bonds. The first-order valence-electron chi connectivity index (χ1n) is 11.8. The maximum Gasteiger partial charge on any atom is 0.280 e. The van der Waals surface area contributed by atoms with E-state index in [1.165, 1.54) is 17.6 Å². The van der Waals surface area contributed by atoms with Gasteiger partial charge >= 0.3 is 0 Å². The highest BCUT2D eigenvalue weighted by Gasteiger charge is 2.35. The second-order valence-electron chi connectivity index (χ2n) is 9.03. The fourth-order valence-corrected chi connectivity index (χ4v) is 5.62. The van der Waals surface area contributed by atoms with Gasteiger partial charge in [-0.3, -0.25) is 14.4 Å². The Balaban J connectivity index is 1.46. The Morgan fingerprint density at radius 1 is 1.06 bits per heavy atom. The predicted octanol–water partition coefficient (Wildman–Crippen LogP) is 2.48. The fourth-order valence-electron chi connectivity index (χ4n) is 4.65. The number of carbonyl (C=O) groups is 3. The van der Waals surface area contributed by atoms with Crippen LogP contribution in [0.25, 0.3) is 0 Å². The highest BCUT2D eigenvalue weighted by atomic mass is 32.1. The summed E-state index contributed by atoms with van der Waals surface area (Å²) in [4.78, 5) is 41.4. The normalized spacial score (nSPS) is 18.2. The van der Waals surface area contributed by atoms with E-state index in [9.17, 15) is 14.4 Å². The minimum Gasteiger partial charge on any atom is -0.378 e. The van der Waals surface area contributed by atoms with Crippen LogP contribution in [0.5, 0.6) is 0 Å². The Morgan fingerprint density at radius 3 is 2.38 bits per heavy atom. The van der Waals surface area contributed by atoms with Crippen molar-refractivity contribution in [1.82, 2.24) is 10.1 Å². The zero-order valence-electron chi connectivity index (χ0n) is 19.5. The zero-order chi connectivity index (χ0) is 24.0. The molecule has 0 radical (unpaired) electrons. The van der Waals surface area contributed by atoms with Crippen LogP contribution in [0.3, 0.4) is 0 Å². The summed E-state index contributed by atoms with van der Waals surface area (Å²) in [7, 11) is 0. The molecule has 184 valence electrons. The minimum absolute atomic E-state index is 0.0811. The Morgan fingerprint density at radius 2 is 1.74 bits per heavy atom. The first kappa shape index (κ1) is 24.4. The van der Waals surface area contributed by atoms with Gasteiger partial charge in [0.15, 0.2) is 18.9 Å². The van der Waals surface area contributed by atoms with Crippen LogP contribution in [-0.2, 0) is 14.3 Å². The summed E-state index contributed by atoms with van der Waals surface area (Å²) in [6, 6.07) is 1.59. The highest BCUT2D eigenvalue weighted by molar-refractivity contribution is 7.13. The molecular weight excluding hydrogens is 458 g/mol. The number of nitrogens with one attached hydrogen (secondary N) is 2. The van der Waals surface area contributed by atoms with Crippen LogP contribution in [0.2, 0.25) is 0 Å². The topological polar surface area (TPSA) is 114 Å². The van der Waals surface area contributed by atoms with Gasteiger partial charge in [0.2, 0.25) is 0 Å². The lowest BCUT2D eigenvalue weighted by atomic mass is 10.2. The second-order valence-corrected chi connectivity index (χ2v) is 9.91. The third-order valence-electron chi connectivity index (χ3n) is 6.41. The number of amides is 3. The van der Waals surface area contributed by atoms with Gasteiger partial charge in [-0.1, -0.05) is 5.16 Å². The third kappa shape index (κ3) is 6.02. The Bertz CT molecular complexity index is 992. The standard InChI is InChI=1S/C23H31N5O5S/c1-17-16-34-22(23(31)27-7-12-32-13-8-27)21(17)25-20(30)15-28(9-4-2-3-5-10-28)14-19(29)24-18-6-11-33-26-18/h6,11,16H,2-5,7-10,12-15H2,1H3,(H-,24,25,26,29,30,31)/p+1. The summed E-state index contributed by atoms with van der Waals surface area (Å²) in [5, 5.41) is 11.4. The molecule has 0 aliphatic carbocycles. The van der Waals surface area contributed by atoms with Crippen molar-refractivity contribution in [1.29, 1.82) is 0 Å². The van der Waals surface area contributed by atoms with Gasteiger partial charge < -0.3 is 29.3 Å². The monoisotopic (exact) mass is 490 g/mol. The van der Waals surface area contributed by atoms with Crippen LogP contribution in [-0.4, -0.2) is 84.7 Å². The van der Waals surface area contributed by atoms with Gasteiger partial charge in [0.1, 0.15) is 11.1 Å². The maximum atomic E-state index is 13.3. The van der Waals surface area contributed by atoms with Crippen molar-refractivity contribution in [2.75, 3.05) is 63.1 Å². The summed E-state index contributed by atoms with van der Waals surface area (Å²) in [6.45, 7) is 5.89. The van der Waals surface area contributed by atoms with Gasteiger partial charge in [-0.2, -0.15) is 0 Å². The van der Waals surface area contributed by atoms with E-state index in [0.29, 0.717) is 47.2 Å². The smallest absolute Gasteiger partial charge is 0.280 e. The van der Waals surface area contributed by atoms with Crippen LogP contribution in [0.15, 0.2) is 22.2 Å². The number of anilines is 2. The second kappa shape index (κ2) is 11.1. The Labute approximate surface area is 202 Å². The van der Waals surface area contributed by atoms with E-state index in [4.69, 9.17) is 9.26 Å². The molecule has 0 atom stereocenters. The number of ether oxygens (including phenoxy) is 1. The summed E-state index contributed by atoms with van der Waals surface area (Å²) in [6.07, 6.45) is 5.51. The summed E-state index contributed by atoms with van der Waals surface area (Å²) in [5.74, 6) is -0.0999. The molecule has 0 bridgehead atoms. The molecule has 2 aromatic heterocycles. The Hall–Kier alpha value is -2.76. The van der Waals surface area contributed by atoms with E-state index >= 15 is 0 Å². The van der Waals surface area contributed by atoms with Crippen molar-refractivity contribution in [3.63, 3.8) is 0 Å². The third-order valence-corrected chi connectivity index (χ3v) is 7.50. The van der Waals surface area contributed by atoms with Gasteiger partial charge in [-0.15, -0.1) is 11.3 Å². The van der Waals surface area contributed by atoms with E-state index in [2.05, 4.69) is 15.8 Å². The number of aromatic nitrogens is 1. The molecule has 2 aromatic rings. The molecule has 2 aliphatic heterocycles. The molecule has 2 saturated heterocycles. The summed E-state index contributed by atoms with van der Waals surface area (Å²) >= 11 is 1.35. The first-order chi connectivity index (χ1) is 16.5. The number of likely N-dealkylation sites (tertiary alicyclic amines) is 1. The number of nitrogens with zero attached hydrogens (tertiary/aromatic N) is 3. The number of carbonyl (C=O) groups excluding carboxylic acids is 3. The van der Waals surface area contributed by atoms with Gasteiger partial charge in [0.25, 0.3) is 17.7 Å². The van der Waals surface area contributed by atoms with Crippen LogP contribution >= 0.6 is 11.3 Å². The van der Waals surface area contributed by atoms with Gasteiger partial charge in [-0.25, -0.2) is 0 Å². The van der Waals surface area contributed by atoms with E-state index in [1.54, 1.807) is 11.0 Å². The number of quaternary nitrogens is 1. The molecule has 0 spiro atoms. The molecule has 0 unspecified atom stereocenters. The molecule has 0 aromatic carbocycles. The summed E-state index contributed by atoms with van der Waals surface area (Å²) in [5.41, 5.74) is 1.44. The lowest BCUT2D eigenvalue weighted by Gasteiger charge is -2.36. The summed E-state index contributed by atoms with van der Waals surface area (Å²) < 4.78 is 10.5. The van der Waals surface area contributed by atoms with Gasteiger partial charge in [-0.05, 0) is 43.6 Å². The maximum absolute atomic E-state index is 13.3. The quantitative estimate of drug-likeness (QED) is 0.577. The molecule has 11 heteroatoms. The largest absolute Gasteiger partial charge is 0.378 e. The Kier molecular flexibility index (Phi) is 7.96. The predicted molar refractivity (Wildman–Crippen MR) is 128 cm³/mol. The van der Waals surface area contributed by atoms with Crippen LogP contribution in [0, 0.1) is 6.92 Å². The molecule has 10 nitrogen and oxygen atoms in total. The van der Waals surface area contributed by atoms with Crippen LogP contribution < -0.4 is 10.6 Å². The molecule has 0 saturated carbocycles. The van der Waals surface area contributed by atoms with E-state index in [-0.39, 0.29) is 30.8 Å². The van der Waals surface area contributed by atoms with Gasteiger partial charge in [0, 0.05) is 19.2 Å². The molecule has 4 rings (SSSR count). The number of hydrogen-bond acceptors (Lipinski definition) is 7. The minimum atomic E-state index is -0.196. The lowest BCUT2D eigenvalue weighted by Crippen LogP contribution is -2.56. The molecule has 2 aliphatic rings. The van der Waals surface area contributed by atoms with Crippen molar-refractivity contribution >= 4 is 40.6 Å². The van der Waals surface area contributed by atoms with E-state index in [1.807, 2.05) is 12.3 Å². The molecule has 4 heterocycles. The van der Waals surface area contributed by atoms with E-state index < -0.39 is 0 Å². The SMILES string of the molecule is Cc1csc(C(=O)N2CCOCC2)c1NC(=O)C[N+]1(CC(=O)Nc2ccon2)CCCCCC1. The van der Waals surface area contributed by atoms with Crippen molar-refractivity contribution in [2.45, 2.75) is 32.6 Å². The van der Waals surface area contributed by atoms with Crippen LogP contribution in [0.1, 0.15) is 40.9 Å². The fraction of sp³-hybridized carbons (Fsp3) is 0.565. The molecule has 2 fully saturated rings. The van der Waals surface area contributed by atoms with E-state index in [0.717, 1.165) is 44.3 Å². The van der Waals surface area contributed by atoms with Crippen molar-refractivity contribution in [2.24, 2.45) is 0 Å². The van der Waals surface area contributed by atoms with Crippen LogP contribution in [0.4, 0.5) is 11.5 Å². The molecule has 34 heavy (non-hydrogen) atoms. The number of aryl methyl sites for hydroxylation is 1. The number of thiophene rings is 1. The lowest BCUT2D eigenvalue weighted by molar-refractivity contribution is -0.912. The van der Waals surface area contributed by atoms with Crippen molar-refractivity contribution in [3.8, 4) is 0 Å². The molecule has 2 N–H and O–H groups in total. The number of hydrogen-bond donors (Lipinski definition) is 2. The molecular formula is C23H32N5O5S+.